The summed E-state index contributed by atoms with van der Waals surface area (Å²) in [5.41, 5.74) is 0. The van der Waals surface area contributed by atoms with Crippen molar-refractivity contribution in [2.24, 2.45) is 0 Å². The number of hydrogen-bond acceptors (Lipinski definition) is 3. The summed E-state index contributed by atoms with van der Waals surface area (Å²) in [7, 11) is 0. The van der Waals surface area contributed by atoms with E-state index >= 15 is 0 Å². The molecule has 1 rings (SSSR count). The maximum atomic E-state index is 11.4. The van der Waals surface area contributed by atoms with Crippen LogP contribution in [0.25, 0.3) is 0 Å². The lowest BCUT2D eigenvalue weighted by Gasteiger charge is -2.11. The predicted octanol–water partition coefficient (Wildman–Crippen LogP) is 2.61. The number of ether oxygens (including phenoxy) is 1. The Morgan fingerprint density at radius 2 is 1.84 bits per heavy atom. The molecule has 8 heteroatoms. The molecule has 0 saturated carbocycles. The standard InChI is InChI=1S/C11H10Cl3NO4/c1-5(11(17)18)15-10(16)4-19-9-3-7(13)6(12)2-8(9)14/h2-3,5H,4H2,1H3,(H,15,16)(H,17,18). The van der Waals surface area contributed by atoms with Crippen molar-refractivity contribution < 1.29 is 19.4 Å². The highest BCUT2D eigenvalue weighted by atomic mass is 35.5. The van der Waals surface area contributed by atoms with E-state index in [1.807, 2.05) is 0 Å². The monoisotopic (exact) mass is 325 g/mol. The highest BCUT2D eigenvalue weighted by Crippen LogP contribution is 2.33. The minimum absolute atomic E-state index is 0.189. The van der Waals surface area contributed by atoms with Crippen LogP contribution in [0, 0.1) is 0 Å². The van der Waals surface area contributed by atoms with Gasteiger partial charge in [0.05, 0.1) is 15.1 Å². The summed E-state index contributed by atoms with van der Waals surface area (Å²) in [4.78, 5) is 21.9. The van der Waals surface area contributed by atoms with E-state index in [4.69, 9.17) is 44.6 Å². The third-order valence-electron chi connectivity index (χ3n) is 2.08. The van der Waals surface area contributed by atoms with Gasteiger partial charge in [0, 0.05) is 6.07 Å². The minimum atomic E-state index is -1.14. The first-order chi connectivity index (χ1) is 8.81. The van der Waals surface area contributed by atoms with Gasteiger partial charge in [0.1, 0.15) is 11.8 Å². The van der Waals surface area contributed by atoms with Gasteiger partial charge >= 0.3 is 5.97 Å². The molecule has 19 heavy (non-hydrogen) atoms. The molecule has 0 fully saturated rings. The Labute approximate surface area is 124 Å². The number of carbonyl (C=O) groups excluding carboxylic acids is 1. The molecule has 0 bridgehead atoms. The summed E-state index contributed by atoms with van der Waals surface area (Å²) in [6.07, 6.45) is 0. The van der Waals surface area contributed by atoms with Gasteiger partial charge in [-0.25, -0.2) is 0 Å². The molecule has 1 atom stereocenters. The number of carboxylic acid groups (broad SMARTS) is 1. The number of nitrogens with one attached hydrogen (secondary N) is 1. The maximum Gasteiger partial charge on any atom is 0.325 e. The lowest BCUT2D eigenvalue weighted by molar-refractivity contribution is -0.141. The van der Waals surface area contributed by atoms with Crippen molar-refractivity contribution in [3.8, 4) is 5.75 Å². The van der Waals surface area contributed by atoms with Crippen LogP contribution in [0.1, 0.15) is 6.92 Å². The summed E-state index contributed by atoms with van der Waals surface area (Å²) in [5.74, 6) is -1.54. The highest BCUT2D eigenvalue weighted by Gasteiger charge is 2.15. The van der Waals surface area contributed by atoms with Crippen molar-refractivity contribution in [1.29, 1.82) is 0 Å². The summed E-state index contributed by atoms with van der Waals surface area (Å²) in [6.45, 7) is 0.960. The second kappa shape index (κ2) is 6.84. The van der Waals surface area contributed by atoms with Gasteiger partial charge in [-0.3, -0.25) is 9.59 Å². The van der Waals surface area contributed by atoms with Gasteiger partial charge in [0.2, 0.25) is 0 Å². The molecule has 1 unspecified atom stereocenters. The Bertz CT molecular complexity index is 507. The Hall–Kier alpha value is -1.17. The Kier molecular flexibility index (Phi) is 5.72. The first kappa shape index (κ1) is 15.9. The molecule has 0 aliphatic carbocycles. The zero-order valence-corrected chi connectivity index (χ0v) is 12.0. The average Bonchev–Trinajstić information content (AvgIpc) is 2.32. The fraction of sp³-hybridized carbons (Fsp3) is 0.273. The van der Waals surface area contributed by atoms with Crippen LogP contribution < -0.4 is 10.1 Å². The van der Waals surface area contributed by atoms with Crippen molar-refractivity contribution in [3.63, 3.8) is 0 Å². The third kappa shape index (κ3) is 4.78. The second-order valence-corrected chi connectivity index (χ2v) is 4.83. The van der Waals surface area contributed by atoms with Crippen molar-refractivity contribution >= 4 is 46.7 Å². The Morgan fingerprint density at radius 1 is 1.26 bits per heavy atom. The normalized spacial score (nSPS) is 11.8. The molecular weight excluding hydrogens is 316 g/mol. The van der Waals surface area contributed by atoms with Crippen LogP contribution in [0.15, 0.2) is 12.1 Å². The number of carboxylic acids is 1. The van der Waals surface area contributed by atoms with Crippen LogP contribution in [-0.2, 0) is 9.59 Å². The quantitative estimate of drug-likeness (QED) is 0.816. The van der Waals surface area contributed by atoms with E-state index in [1.54, 1.807) is 0 Å². The third-order valence-corrected chi connectivity index (χ3v) is 3.10. The van der Waals surface area contributed by atoms with Crippen molar-refractivity contribution in [2.75, 3.05) is 6.61 Å². The van der Waals surface area contributed by atoms with Gasteiger partial charge in [0.15, 0.2) is 6.61 Å². The molecule has 0 spiro atoms. The molecular formula is C11H10Cl3NO4. The van der Waals surface area contributed by atoms with E-state index in [0.29, 0.717) is 0 Å². The number of hydrogen-bond donors (Lipinski definition) is 2. The van der Waals surface area contributed by atoms with Gasteiger partial charge < -0.3 is 15.2 Å². The lowest BCUT2D eigenvalue weighted by atomic mass is 10.3. The van der Waals surface area contributed by atoms with Crippen molar-refractivity contribution in [3.05, 3.63) is 27.2 Å². The number of aliphatic carboxylic acids is 1. The molecule has 0 radical (unpaired) electrons. The summed E-state index contributed by atoms with van der Waals surface area (Å²) < 4.78 is 5.14. The summed E-state index contributed by atoms with van der Waals surface area (Å²) in [6, 6.07) is 1.76. The van der Waals surface area contributed by atoms with Crippen LogP contribution in [0.2, 0.25) is 15.1 Å². The van der Waals surface area contributed by atoms with E-state index in [-0.39, 0.29) is 27.4 Å². The van der Waals surface area contributed by atoms with E-state index in [1.165, 1.54) is 19.1 Å². The first-order valence-corrected chi connectivity index (χ1v) is 6.24. The number of amides is 1. The van der Waals surface area contributed by atoms with Gasteiger partial charge in [-0.2, -0.15) is 0 Å². The SMILES string of the molecule is CC(NC(=O)COc1cc(Cl)c(Cl)cc1Cl)C(=O)O. The fourth-order valence-electron chi connectivity index (χ4n) is 1.10. The Morgan fingerprint density at radius 3 is 2.42 bits per heavy atom. The smallest absolute Gasteiger partial charge is 0.325 e. The molecule has 0 saturated heterocycles. The van der Waals surface area contributed by atoms with Crippen LogP contribution >= 0.6 is 34.8 Å². The molecule has 0 aromatic heterocycles. The average molecular weight is 327 g/mol. The van der Waals surface area contributed by atoms with Crippen LogP contribution in [0.5, 0.6) is 5.75 Å². The van der Waals surface area contributed by atoms with Crippen molar-refractivity contribution in [2.45, 2.75) is 13.0 Å². The molecule has 0 aliphatic rings. The van der Waals surface area contributed by atoms with Crippen LogP contribution in [-0.4, -0.2) is 29.6 Å². The number of rotatable bonds is 5. The summed E-state index contributed by atoms with van der Waals surface area (Å²) in [5, 5.41) is 11.6. The molecule has 5 nitrogen and oxygen atoms in total. The number of halogens is 3. The van der Waals surface area contributed by atoms with E-state index < -0.39 is 17.9 Å². The predicted molar refractivity (Wildman–Crippen MR) is 72.2 cm³/mol. The van der Waals surface area contributed by atoms with Gasteiger partial charge in [0.25, 0.3) is 5.91 Å². The minimum Gasteiger partial charge on any atom is -0.482 e. The zero-order chi connectivity index (χ0) is 14.6. The van der Waals surface area contributed by atoms with Gasteiger partial charge in [-0.1, -0.05) is 34.8 Å². The molecule has 0 heterocycles. The topological polar surface area (TPSA) is 75.6 Å². The van der Waals surface area contributed by atoms with Crippen LogP contribution in [0.4, 0.5) is 0 Å². The highest BCUT2D eigenvalue weighted by molar-refractivity contribution is 6.43. The number of carbonyl (C=O) groups is 2. The zero-order valence-electron chi connectivity index (χ0n) is 9.75. The molecule has 104 valence electrons. The van der Waals surface area contributed by atoms with E-state index in [2.05, 4.69) is 5.32 Å². The molecule has 2 N–H and O–H groups in total. The maximum absolute atomic E-state index is 11.4. The Balaban J connectivity index is 2.60. The number of benzene rings is 1. The molecule has 1 aromatic rings. The molecule has 1 amide bonds. The van der Waals surface area contributed by atoms with E-state index in [0.717, 1.165) is 0 Å². The summed E-state index contributed by atoms with van der Waals surface area (Å²) >= 11 is 17.4. The molecule has 1 aromatic carbocycles. The lowest BCUT2D eigenvalue weighted by Crippen LogP contribution is -2.40. The first-order valence-electron chi connectivity index (χ1n) is 5.10. The van der Waals surface area contributed by atoms with Gasteiger partial charge in [-0.05, 0) is 13.0 Å². The largest absolute Gasteiger partial charge is 0.482 e. The fourth-order valence-corrected chi connectivity index (χ4v) is 1.69. The van der Waals surface area contributed by atoms with E-state index in [9.17, 15) is 9.59 Å². The second-order valence-electron chi connectivity index (χ2n) is 3.61. The van der Waals surface area contributed by atoms with Crippen molar-refractivity contribution in [1.82, 2.24) is 5.32 Å². The molecule has 0 aliphatic heterocycles. The van der Waals surface area contributed by atoms with Crippen LogP contribution in [0.3, 0.4) is 0 Å². The van der Waals surface area contributed by atoms with Gasteiger partial charge in [-0.15, -0.1) is 0 Å².